The first-order valence-electron chi connectivity index (χ1n) is 6.46. The monoisotopic (exact) mass is 306 g/mol. The minimum Gasteiger partial charge on any atom is -0.313 e. The van der Waals surface area contributed by atoms with Crippen LogP contribution in [0.3, 0.4) is 0 Å². The highest BCUT2D eigenvalue weighted by atomic mass is 32.2. The molecule has 0 amide bonds. The third-order valence-electron chi connectivity index (χ3n) is 2.67. The summed E-state index contributed by atoms with van der Waals surface area (Å²) in [4.78, 5) is -0.521. The minimum atomic E-state index is -3.97. The van der Waals surface area contributed by atoms with E-state index < -0.39 is 26.6 Å². The van der Waals surface area contributed by atoms with Gasteiger partial charge in [0.2, 0.25) is 10.0 Å². The molecule has 0 saturated heterocycles. The van der Waals surface area contributed by atoms with Gasteiger partial charge in [-0.05, 0) is 24.6 Å². The van der Waals surface area contributed by atoms with Crippen molar-refractivity contribution in [1.82, 2.24) is 10.0 Å². The third kappa shape index (κ3) is 4.22. The second-order valence-electron chi connectivity index (χ2n) is 4.86. The summed E-state index contributed by atoms with van der Waals surface area (Å²) in [7, 11) is -3.97. The summed E-state index contributed by atoms with van der Waals surface area (Å²) >= 11 is 0. The van der Waals surface area contributed by atoms with Crippen LogP contribution in [-0.2, 0) is 16.6 Å². The van der Waals surface area contributed by atoms with Crippen LogP contribution in [0.25, 0.3) is 0 Å². The third-order valence-corrected chi connectivity index (χ3v) is 4.11. The Morgan fingerprint density at radius 2 is 1.90 bits per heavy atom. The first-order chi connectivity index (χ1) is 9.29. The van der Waals surface area contributed by atoms with E-state index in [1.807, 2.05) is 13.8 Å². The molecule has 0 aromatic heterocycles. The lowest BCUT2D eigenvalue weighted by molar-refractivity contribution is 0.511. The summed E-state index contributed by atoms with van der Waals surface area (Å²) in [6.07, 6.45) is 0. The van der Waals surface area contributed by atoms with Gasteiger partial charge in [-0.1, -0.05) is 20.8 Å². The maximum Gasteiger partial charge on any atom is 0.243 e. The SMILES string of the molecule is CCNCc1c(F)ccc(S(=O)(=O)NCC(C)C)c1F. The Balaban J connectivity index is 3.12. The van der Waals surface area contributed by atoms with Crippen LogP contribution in [0.2, 0.25) is 0 Å². The quantitative estimate of drug-likeness (QED) is 0.810. The molecule has 1 rings (SSSR count). The van der Waals surface area contributed by atoms with E-state index in [2.05, 4.69) is 10.0 Å². The zero-order valence-electron chi connectivity index (χ0n) is 11.8. The second kappa shape index (κ2) is 7.10. The fourth-order valence-corrected chi connectivity index (χ4v) is 2.86. The Morgan fingerprint density at radius 1 is 1.25 bits per heavy atom. The van der Waals surface area contributed by atoms with E-state index >= 15 is 0 Å². The van der Waals surface area contributed by atoms with Crippen molar-refractivity contribution in [1.29, 1.82) is 0 Å². The smallest absolute Gasteiger partial charge is 0.243 e. The Bertz CT molecular complexity index is 560. The van der Waals surface area contributed by atoms with Crippen LogP contribution in [0.15, 0.2) is 17.0 Å². The van der Waals surface area contributed by atoms with Gasteiger partial charge in [-0.2, -0.15) is 0 Å². The highest BCUT2D eigenvalue weighted by Gasteiger charge is 2.23. The lowest BCUT2D eigenvalue weighted by atomic mass is 10.2. The van der Waals surface area contributed by atoms with Gasteiger partial charge in [0.25, 0.3) is 0 Å². The van der Waals surface area contributed by atoms with Crippen molar-refractivity contribution >= 4 is 10.0 Å². The van der Waals surface area contributed by atoms with Crippen LogP contribution >= 0.6 is 0 Å². The van der Waals surface area contributed by atoms with Crippen molar-refractivity contribution in [3.63, 3.8) is 0 Å². The van der Waals surface area contributed by atoms with Gasteiger partial charge in [0.15, 0.2) is 5.82 Å². The molecule has 0 spiro atoms. The summed E-state index contributed by atoms with van der Waals surface area (Å²) in [5.74, 6) is -1.71. The molecule has 1 aromatic rings. The van der Waals surface area contributed by atoms with E-state index in [4.69, 9.17) is 0 Å². The van der Waals surface area contributed by atoms with Gasteiger partial charge < -0.3 is 5.32 Å². The topological polar surface area (TPSA) is 58.2 Å². The van der Waals surface area contributed by atoms with E-state index in [-0.39, 0.29) is 24.6 Å². The fourth-order valence-electron chi connectivity index (χ4n) is 1.55. The average Bonchev–Trinajstić information content (AvgIpc) is 2.36. The molecule has 0 fully saturated rings. The van der Waals surface area contributed by atoms with Crippen molar-refractivity contribution in [3.05, 3.63) is 29.3 Å². The van der Waals surface area contributed by atoms with Crippen LogP contribution in [0.5, 0.6) is 0 Å². The molecule has 0 saturated carbocycles. The number of rotatable bonds is 7. The molecule has 0 aliphatic heterocycles. The Labute approximate surface area is 118 Å². The van der Waals surface area contributed by atoms with Crippen LogP contribution in [-0.4, -0.2) is 21.5 Å². The number of benzene rings is 1. The summed E-state index contributed by atoms with van der Waals surface area (Å²) in [5, 5.41) is 2.78. The molecule has 0 aliphatic rings. The fraction of sp³-hybridized carbons (Fsp3) is 0.538. The predicted molar refractivity (Wildman–Crippen MR) is 73.8 cm³/mol. The molecule has 0 bridgehead atoms. The number of sulfonamides is 1. The van der Waals surface area contributed by atoms with Crippen molar-refractivity contribution in [2.45, 2.75) is 32.2 Å². The van der Waals surface area contributed by atoms with Gasteiger partial charge >= 0.3 is 0 Å². The van der Waals surface area contributed by atoms with Gasteiger partial charge in [-0.3, -0.25) is 0 Å². The van der Waals surface area contributed by atoms with Crippen molar-refractivity contribution in [2.24, 2.45) is 5.92 Å². The molecule has 4 nitrogen and oxygen atoms in total. The first kappa shape index (κ1) is 17.0. The van der Waals surface area contributed by atoms with E-state index in [9.17, 15) is 17.2 Å². The summed E-state index contributed by atoms with van der Waals surface area (Å²) in [5.41, 5.74) is -0.265. The van der Waals surface area contributed by atoms with E-state index in [1.54, 1.807) is 6.92 Å². The van der Waals surface area contributed by atoms with Crippen LogP contribution in [0.4, 0.5) is 8.78 Å². The zero-order chi connectivity index (χ0) is 15.3. The lowest BCUT2D eigenvalue weighted by Gasteiger charge is -2.12. The van der Waals surface area contributed by atoms with E-state index in [0.717, 1.165) is 12.1 Å². The zero-order valence-corrected chi connectivity index (χ0v) is 12.7. The van der Waals surface area contributed by atoms with Gasteiger partial charge in [0.1, 0.15) is 10.7 Å². The predicted octanol–water partition coefficient (Wildman–Crippen LogP) is 2.01. The number of halogens is 2. The van der Waals surface area contributed by atoms with Crippen LogP contribution in [0, 0.1) is 17.6 Å². The molecule has 7 heteroatoms. The number of hydrogen-bond donors (Lipinski definition) is 2. The number of hydrogen-bond acceptors (Lipinski definition) is 3. The van der Waals surface area contributed by atoms with Crippen LogP contribution < -0.4 is 10.0 Å². The summed E-state index contributed by atoms with van der Waals surface area (Å²) in [6, 6.07) is 1.92. The molecule has 0 radical (unpaired) electrons. The van der Waals surface area contributed by atoms with Crippen molar-refractivity contribution < 1.29 is 17.2 Å². The molecule has 20 heavy (non-hydrogen) atoms. The molecular formula is C13H20F2N2O2S. The van der Waals surface area contributed by atoms with Crippen LogP contribution in [0.1, 0.15) is 26.3 Å². The van der Waals surface area contributed by atoms with Gasteiger partial charge in [0.05, 0.1) is 0 Å². The summed E-state index contributed by atoms with van der Waals surface area (Å²) < 4.78 is 54.0. The lowest BCUT2D eigenvalue weighted by Crippen LogP contribution is -2.29. The minimum absolute atomic E-state index is 0.0539. The van der Waals surface area contributed by atoms with E-state index in [1.165, 1.54) is 0 Å². The molecule has 114 valence electrons. The standard InChI is InChI=1S/C13H20F2N2O2S/c1-4-16-8-10-11(14)5-6-12(13(10)15)20(18,19)17-7-9(2)3/h5-6,9,16-17H,4,7-8H2,1-3H3. The largest absolute Gasteiger partial charge is 0.313 e. The average molecular weight is 306 g/mol. The van der Waals surface area contributed by atoms with Gasteiger partial charge in [-0.15, -0.1) is 0 Å². The highest BCUT2D eigenvalue weighted by molar-refractivity contribution is 7.89. The highest BCUT2D eigenvalue weighted by Crippen LogP contribution is 2.21. The normalized spacial score (nSPS) is 12.1. The van der Waals surface area contributed by atoms with Gasteiger partial charge in [0, 0.05) is 18.7 Å². The van der Waals surface area contributed by atoms with E-state index in [0.29, 0.717) is 6.54 Å². The Hall–Kier alpha value is -1.05. The number of nitrogens with one attached hydrogen (secondary N) is 2. The van der Waals surface area contributed by atoms with Gasteiger partial charge in [-0.25, -0.2) is 21.9 Å². The molecule has 0 heterocycles. The molecule has 0 atom stereocenters. The molecule has 0 aliphatic carbocycles. The first-order valence-corrected chi connectivity index (χ1v) is 7.95. The van der Waals surface area contributed by atoms with Crippen molar-refractivity contribution in [3.8, 4) is 0 Å². The molecule has 0 unspecified atom stereocenters. The van der Waals surface area contributed by atoms with Crippen molar-refractivity contribution in [2.75, 3.05) is 13.1 Å². The molecule has 2 N–H and O–H groups in total. The molecule has 1 aromatic carbocycles. The molecular weight excluding hydrogens is 286 g/mol. The second-order valence-corrected chi connectivity index (χ2v) is 6.60. The Morgan fingerprint density at radius 3 is 2.45 bits per heavy atom. The maximum absolute atomic E-state index is 14.2. The Kier molecular flexibility index (Phi) is 6.04. The maximum atomic E-state index is 14.2. The summed E-state index contributed by atoms with van der Waals surface area (Å²) in [6.45, 7) is 6.13.